The summed E-state index contributed by atoms with van der Waals surface area (Å²) in [6, 6.07) is 8.35. The van der Waals surface area contributed by atoms with Crippen molar-refractivity contribution >= 4 is 17.7 Å². The second-order valence-electron chi connectivity index (χ2n) is 7.14. The zero-order valence-electron chi connectivity index (χ0n) is 14.6. The first-order valence-corrected chi connectivity index (χ1v) is 9.21. The normalized spacial score (nSPS) is 21.5. The van der Waals surface area contributed by atoms with Gasteiger partial charge >= 0.3 is 0 Å². The standard InChI is InChI=1S/C18H24N4OS/c1-12-5-7-14(8-6-12)18(11-17(18,3)4)15(23)19-9-10-24-16-20-13(2)21-22-16/h5-8H,9-11H2,1-4H3,(H,19,23)(H,20,21,22)/t18-/m0/s1. The molecule has 24 heavy (non-hydrogen) atoms. The number of rotatable bonds is 6. The molecule has 1 aromatic carbocycles. The van der Waals surface area contributed by atoms with E-state index in [4.69, 9.17) is 0 Å². The number of amides is 1. The van der Waals surface area contributed by atoms with E-state index >= 15 is 0 Å². The van der Waals surface area contributed by atoms with E-state index in [9.17, 15) is 4.79 Å². The van der Waals surface area contributed by atoms with Crippen molar-refractivity contribution in [3.8, 4) is 0 Å². The van der Waals surface area contributed by atoms with Crippen LogP contribution in [0.2, 0.25) is 0 Å². The summed E-state index contributed by atoms with van der Waals surface area (Å²) in [6.07, 6.45) is 0.891. The van der Waals surface area contributed by atoms with Crippen molar-refractivity contribution in [2.24, 2.45) is 5.41 Å². The fourth-order valence-corrected chi connectivity index (χ4v) is 4.01. The number of carbonyl (C=O) groups excluding carboxylic acids is 1. The lowest BCUT2D eigenvalue weighted by Crippen LogP contribution is -2.38. The van der Waals surface area contributed by atoms with Crippen LogP contribution in [0.1, 0.15) is 37.2 Å². The smallest absolute Gasteiger partial charge is 0.231 e. The summed E-state index contributed by atoms with van der Waals surface area (Å²) < 4.78 is 0. The van der Waals surface area contributed by atoms with Gasteiger partial charge in [-0.15, -0.1) is 5.10 Å². The first-order chi connectivity index (χ1) is 11.3. The van der Waals surface area contributed by atoms with Crippen molar-refractivity contribution in [2.75, 3.05) is 12.3 Å². The molecule has 1 saturated carbocycles. The Morgan fingerprint density at radius 1 is 1.29 bits per heavy atom. The van der Waals surface area contributed by atoms with Crippen LogP contribution in [0.25, 0.3) is 0 Å². The number of hydrogen-bond donors (Lipinski definition) is 2. The molecule has 1 amide bonds. The monoisotopic (exact) mass is 344 g/mol. The van der Waals surface area contributed by atoms with Crippen molar-refractivity contribution in [1.82, 2.24) is 20.5 Å². The highest BCUT2D eigenvalue weighted by Gasteiger charge is 2.66. The van der Waals surface area contributed by atoms with Gasteiger partial charge in [0.05, 0.1) is 5.41 Å². The summed E-state index contributed by atoms with van der Waals surface area (Å²) in [7, 11) is 0. The number of aryl methyl sites for hydroxylation is 2. The Morgan fingerprint density at radius 2 is 1.96 bits per heavy atom. The summed E-state index contributed by atoms with van der Waals surface area (Å²) in [5.41, 5.74) is 1.94. The second-order valence-corrected chi connectivity index (χ2v) is 8.20. The predicted molar refractivity (Wildman–Crippen MR) is 96.1 cm³/mol. The number of carbonyl (C=O) groups is 1. The van der Waals surface area contributed by atoms with Gasteiger partial charge in [0.25, 0.3) is 0 Å². The predicted octanol–water partition coefficient (Wildman–Crippen LogP) is 3.00. The van der Waals surface area contributed by atoms with Gasteiger partial charge in [0.15, 0.2) is 0 Å². The number of hydrogen-bond acceptors (Lipinski definition) is 4. The third kappa shape index (κ3) is 3.07. The number of thioether (sulfide) groups is 1. The van der Waals surface area contributed by atoms with Gasteiger partial charge in [-0.1, -0.05) is 55.4 Å². The summed E-state index contributed by atoms with van der Waals surface area (Å²) in [5, 5.41) is 10.7. The highest BCUT2D eigenvalue weighted by atomic mass is 32.2. The highest BCUT2D eigenvalue weighted by molar-refractivity contribution is 7.99. The zero-order chi connectivity index (χ0) is 17.4. The fourth-order valence-electron chi connectivity index (χ4n) is 3.31. The van der Waals surface area contributed by atoms with E-state index in [2.05, 4.69) is 65.5 Å². The minimum Gasteiger partial charge on any atom is -0.354 e. The van der Waals surface area contributed by atoms with Crippen molar-refractivity contribution in [3.05, 3.63) is 41.2 Å². The molecule has 0 spiro atoms. The van der Waals surface area contributed by atoms with Gasteiger partial charge in [0.1, 0.15) is 5.82 Å². The molecule has 3 rings (SSSR count). The van der Waals surface area contributed by atoms with Crippen LogP contribution in [-0.2, 0) is 10.2 Å². The maximum atomic E-state index is 12.9. The van der Waals surface area contributed by atoms with Crippen LogP contribution in [0.4, 0.5) is 0 Å². The van der Waals surface area contributed by atoms with E-state index in [1.54, 1.807) is 11.8 Å². The molecular weight excluding hydrogens is 320 g/mol. The van der Waals surface area contributed by atoms with Gasteiger partial charge in [-0.2, -0.15) is 0 Å². The highest BCUT2D eigenvalue weighted by Crippen LogP contribution is 2.64. The van der Waals surface area contributed by atoms with Crippen LogP contribution in [0.5, 0.6) is 0 Å². The molecule has 0 bridgehead atoms. The van der Waals surface area contributed by atoms with Crippen LogP contribution < -0.4 is 5.32 Å². The van der Waals surface area contributed by atoms with Gasteiger partial charge in [-0.3, -0.25) is 9.89 Å². The van der Waals surface area contributed by atoms with Crippen LogP contribution >= 0.6 is 11.8 Å². The molecule has 6 heteroatoms. The van der Waals surface area contributed by atoms with Crippen LogP contribution in [0.15, 0.2) is 29.4 Å². The Bertz CT molecular complexity index is 738. The topological polar surface area (TPSA) is 70.7 Å². The average molecular weight is 344 g/mol. The maximum Gasteiger partial charge on any atom is 0.231 e. The molecule has 1 fully saturated rings. The summed E-state index contributed by atoms with van der Waals surface area (Å²) in [6.45, 7) is 8.88. The third-order valence-electron chi connectivity index (χ3n) is 4.86. The number of H-pyrrole nitrogens is 1. The lowest BCUT2D eigenvalue weighted by molar-refractivity contribution is -0.124. The van der Waals surface area contributed by atoms with Crippen molar-refractivity contribution in [3.63, 3.8) is 0 Å². The van der Waals surface area contributed by atoms with Crippen LogP contribution in [-0.4, -0.2) is 33.4 Å². The van der Waals surface area contributed by atoms with Crippen LogP contribution in [0.3, 0.4) is 0 Å². The fraction of sp³-hybridized carbons (Fsp3) is 0.500. The van der Waals surface area contributed by atoms with Gasteiger partial charge in [-0.25, -0.2) is 4.98 Å². The van der Waals surface area contributed by atoms with E-state index < -0.39 is 5.41 Å². The minimum atomic E-state index is -0.396. The van der Waals surface area contributed by atoms with E-state index in [0.29, 0.717) is 6.54 Å². The van der Waals surface area contributed by atoms with E-state index in [1.165, 1.54) is 5.56 Å². The zero-order valence-corrected chi connectivity index (χ0v) is 15.5. The first-order valence-electron chi connectivity index (χ1n) is 8.22. The molecule has 1 aliphatic rings. The lowest BCUT2D eigenvalue weighted by atomic mass is 9.86. The van der Waals surface area contributed by atoms with Crippen LogP contribution in [0, 0.1) is 19.3 Å². The number of nitrogens with one attached hydrogen (secondary N) is 2. The summed E-state index contributed by atoms with van der Waals surface area (Å²) >= 11 is 1.54. The van der Waals surface area contributed by atoms with E-state index in [-0.39, 0.29) is 11.3 Å². The van der Waals surface area contributed by atoms with Crippen molar-refractivity contribution in [1.29, 1.82) is 0 Å². The quantitative estimate of drug-likeness (QED) is 0.624. The molecule has 1 atom stereocenters. The Kier molecular flexibility index (Phi) is 4.42. The average Bonchev–Trinajstić information content (AvgIpc) is 2.89. The maximum absolute atomic E-state index is 12.9. The molecular formula is C18H24N4OS. The molecule has 128 valence electrons. The summed E-state index contributed by atoms with van der Waals surface area (Å²) in [5.74, 6) is 1.69. The SMILES string of the molecule is Cc1ccc([C@]2(C(=O)NCCSc3n[nH]c(C)n3)CC2(C)C)cc1. The molecule has 0 aliphatic heterocycles. The molecule has 2 N–H and O–H groups in total. The molecule has 5 nitrogen and oxygen atoms in total. The Hall–Kier alpha value is -1.82. The second kappa shape index (κ2) is 6.24. The molecule has 0 radical (unpaired) electrons. The van der Waals surface area contributed by atoms with E-state index in [1.807, 2.05) is 6.92 Å². The minimum absolute atomic E-state index is 0.000343. The molecule has 0 unspecified atom stereocenters. The first kappa shape index (κ1) is 17.0. The number of benzene rings is 1. The summed E-state index contributed by atoms with van der Waals surface area (Å²) in [4.78, 5) is 17.1. The Balaban J connectivity index is 1.60. The molecule has 1 aromatic heterocycles. The number of nitrogens with zero attached hydrogens (tertiary/aromatic N) is 2. The van der Waals surface area contributed by atoms with Gasteiger partial charge in [0, 0.05) is 12.3 Å². The third-order valence-corrected chi connectivity index (χ3v) is 5.71. The van der Waals surface area contributed by atoms with Gasteiger partial charge in [-0.05, 0) is 31.2 Å². The number of aromatic amines is 1. The van der Waals surface area contributed by atoms with Gasteiger partial charge in [0.2, 0.25) is 11.1 Å². The van der Waals surface area contributed by atoms with E-state index in [0.717, 1.165) is 28.7 Å². The molecule has 1 heterocycles. The Morgan fingerprint density at radius 3 is 2.50 bits per heavy atom. The largest absolute Gasteiger partial charge is 0.354 e. The lowest BCUT2D eigenvalue weighted by Gasteiger charge is -2.21. The van der Waals surface area contributed by atoms with Crippen molar-refractivity contribution in [2.45, 2.75) is 44.7 Å². The Labute approximate surface area is 147 Å². The molecule has 1 aliphatic carbocycles. The van der Waals surface area contributed by atoms with Gasteiger partial charge < -0.3 is 5.32 Å². The number of aromatic nitrogens is 3. The molecule has 0 saturated heterocycles. The molecule has 2 aromatic rings. The van der Waals surface area contributed by atoms with Crippen molar-refractivity contribution < 1.29 is 4.79 Å².